The summed E-state index contributed by atoms with van der Waals surface area (Å²) >= 11 is 0. The van der Waals surface area contributed by atoms with Crippen molar-refractivity contribution < 1.29 is 4.79 Å². The van der Waals surface area contributed by atoms with Crippen molar-refractivity contribution in [1.82, 2.24) is 9.80 Å². The molecule has 5 heteroatoms. The summed E-state index contributed by atoms with van der Waals surface area (Å²) in [6, 6.07) is 13.7. The van der Waals surface area contributed by atoms with Crippen LogP contribution in [-0.2, 0) is 17.6 Å². The van der Waals surface area contributed by atoms with Gasteiger partial charge in [0.25, 0.3) is 0 Å². The van der Waals surface area contributed by atoms with E-state index in [1.54, 1.807) is 4.90 Å². The highest BCUT2D eigenvalue weighted by Gasteiger charge is 2.33. The van der Waals surface area contributed by atoms with Crippen molar-refractivity contribution in [3.05, 3.63) is 58.7 Å². The molecule has 2 aliphatic heterocycles. The summed E-state index contributed by atoms with van der Waals surface area (Å²) in [4.78, 5) is 16.7. The fourth-order valence-corrected chi connectivity index (χ4v) is 4.93. The van der Waals surface area contributed by atoms with Gasteiger partial charge in [-0.05, 0) is 74.3 Å². The van der Waals surface area contributed by atoms with E-state index < -0.39 is 0 Å². The first-order valence-corrected chi connectivity index (χ1v) is 11.5. The molecule has 0 spiro atoms. The number of carbonyl (C=O) groups is 1. The lowest BCUT2D eigenvalue weighted by Crippen LogP contribution is -2.26. The first kappa shape index (κ1) is 21.7. The summed E-state index contributed by atoms with van der Waals surface area (Å²) < 4.78 is 0. The highest BCUT2D eigenvalue weighted by Crippen LogP contribution is 2.44. The summed E-state index contributed by atoms with van der Waals surface area (Å²) in [5, 5.41) is 7.15. The van der Waals surface area contributed by atoms with Crippen molar-refractivity contribution in [2.45, 2.75) is 37.5 Å². The number of hydrogen-bond donors (Lipinski definition) is 2. The van der Waals surface area contributed by atoms with Crippen LogP contribution in [0.2, 0.25) is 0 Å². The van der Waals surface area contributed by atoms with E-state index in [0.29, 0.717) is 12.3 Å². The van der Waals surface area contributed by atoms with Crippen LogP contribution >= 0.6 is 0 Å². The van der Waals surface area contributed by atoms with Crippen molar-refractivity contribution in [1.29, 1.82) is 0 Å². The number of amides is 1. The Morgan fingerprint density at radius 3 is 2.68 bits per heavy atom. The molecule has 2 N–H and O–H groups in total. The fourth-order valence-electron chi connectivity index (χ4n) is 4.93. The molecule has 1 amide bonds. The van der Waals surface area contributed by atoms with Gasteiger partial charge in [-0.2, -0.15) is 0 Å². The van der Waals surface area contributed by atoms with Gasteiger partial charge in [0.2, 0.25) is 5.91 Å². The van der Waals surface area contributed by atoms with Crippen LogP contribution in [0.1, 0.15) is 46.9 Å². The summed E-state index contributed by atoms with van der Waals surface area (Å²) in [5.74, 6) is 0.650. The van der Waals surface area contributed by atoms with Gasteiger partial charge in [0.05, 0.1) is 0 Å². The Bertz CT molecular complexity index is 937. The number of benzene rings is 2. The maximum Gasteiger partial charge on any atom is 0.222 e. The van der Waals surface area contributed by atoms with Gasteiger partial charge in [0.15, 0.2) is 0 Å². The smallest absolute Gasteiger partial charge is 0.222 e. The highest BCUT2D eigenvalue weighted by atomic mass is 16.2. The summed E-state index contributed by atoms with van der Waals surface area (Å²) in [5.41, 5.74) is 7.86. The van der Waals surface area contributed by atoms with Crippen molar-refractivity contribution in [3.63, 3.8) is 0 Å². The van der Waals surface area contributed by atoms with E-state index >= 15 is 0 Å². The predicted molar refractivity (Wildman–Crippen MR) is 129 cm³/mol. The second-order valence-electron chi connectivity index (χ2n) is 9.51. The molecule has 0 radical (unpaired) electrons. The van der Waals surface area contributed by atoms with Crippen molar-refractivity contribution in [3.8, 4) is 0 Å². The van der Waals surface area contributed by atoms with Crippen LogP contribution in [-0.4, -0.2) is 63.5 Å². The van der Waals surface area contributed by atoms with E-state index in [4.69, 9.17) is 0 Å². The van der Waals surface area contributed by atoms with Crippen LogP contribution in [0.4, 0.5) is 11.4 Å². The lowest BCUT2D eigenvalue weighted by Gasteiger charge is -2.26. The third-order valence-electron chi connectivity index (χ3n) is 6.75. The fraction of sp³-hybridized carbons (Fsp3) is 0.500. The Morgan fingerprint density at radius 2 is 1.90 bits per heavy atom. The summed E-state index contributed by atoms with van der Waals surface area (Å²) in [6.45, 7) is 2.99. The first-order valence-electron chi connectivity index (χ1n) is 11.5. The van der Waals surface area contributed by atoms with Gasteiger partial charge in [-0.25, -0.2) is 0 Å². The average molecular weight is 421 g/mol. The van der Waals surface area contributed by atoms with Crippen LogP contribution in [0.3, 0.4) is 0 Å². The molecule has 2 aliphatic rings. The van der Waals surface area contributed by atoms with Gasteiger partial charge in [0, 0.05) is 56.8 Å². The zero-order valence-corrected chi connectivity index (χ0v) is 19.4. The Balaban J connectivity index is 1.59. The first-order chi connectivity index (χ1) is 14.9. The number of carbonyl (C=O) groups excluding carboxylic acids is 1. The monoisotopic (exact) mass is 420 g/mol. The normalized spacial score (nSPS) is 17.6. The molecule has 0 aliphatic carbocycles. The minimum Gasteiger partial charge on any atom is -0.384 e. The zero-order valence-electron chi connectivity index (χ0n) is 19.4. The van der Waals surface area contributed by atoms with E-state index in [-0.39, 0.29) is 11.8 Å². The second-order valence-corrected chi connectivity index (χ2v) is 9.51. The molecule has 5 nitrogen and oxygen atoms in total. The number of nitrogens with one attached hydrogen (secondary N) is 2. The minimum absolute atomic E-state index is 0.163. The maximum atomic E-state index is 12.7. The summed E-state index contributed by atoms with van der Waals surface area (Å²) in [6.07, 6.45) is 3.87. The molecule has 2 aromatic carbocycles. The Labute approximate surface area is 186 Å². The van der Waals surface area contributed by atoms with Crippen LogP contribution < -0.4 is 10.6 Å². The predicted octanol–water partition coefficient (Wildman–Crippen LogP) is 3.92. The lowest BCUT2D eigenvalue weighted by atomic mass is 9.79. The Kier molecular flexibility index (Phi) is 6.51. The van der Waals surface area contributed by atoms with Gasteiger partial charge >= 0.3 is 0 Å². The van der Waals surface area contributed by atoms with Crippen molar-refractivity contribution in [2.24, 2.45) is 0 Å². The number of rotatable bonds is 8. The topological polar surface area (TPSA) is 47.6 Å². The molecular formula is C26H36N4O. The van der Waals surface area contributed by atoms with Crippen LogP contribution in [0.5, 0.6) is 0 Å². The quantitative estimate of drug-likeness (QED) is 0.680. The number of nitrogens with zero attached hydrogens (tertiary/aromatic N) is 2. The molecule has 0 fully saturated rings. The van der Waals surface area contributed by atoms with Crippen LogP contribution in [0.25, 0.3) is 0 Å². The van der Waals surface area contributed by atoms with E-state index in [1.165, 1.54) is 33.6 Å². The molecule has 0 saturated carbocycles. The largest absolute Gasteiger partial charge is 0.384 e. The molecule has 2 atom stereocenters. The van der Waals surface area contributed by atoms with Crippen molar-refractivity contribution in [2.75, 3.05) is 58.5 Å². The minimum atomic E-state index is 0.163. The molecular weight excluding hydrogens is 384 g/mol. The Morgan fingerprint density at radius 1 is 1.06 bits per heavy atom. The highest BCUT2D eigenvalue weighted by molar-refractivity contribution is 5.77. The lowest BCUT2D eigenvalue weighted by molar-refractivity contribution is -0.129. The molecule has 31 heavy (non-hydrogen) atoms. The molecule has 2 heterocycles. The molecule has 0 aromatic heterocycles. The van der Waals surface area contributed by atoms with Crippen LogP contribution in [0, 0.1) is 0 Å². The standard InChI is InChI=1S/C26H36N4O/c1-29(2)13-5-6-18-7-10-21-23(17-28-25(21)14-18)22(16-26(31)30(3)4)20-9-8-19-11-12-27-24(19)15-20/h7-10,14-15,22-23,27-28H,5-6,11-13,16-17H2,1-4H3. The second kappa shape index (κ2) is 9.31. The number of hydrogen-bond acceptors (Lipinski definition) is 4. The third-order valence-corrected chi connectivity index (χ3v) is 6.75. The third kappa shape index (κ3) is 4.87. The van der Waals surface area contributed by atoms with E-state index in [0.717, 1.165) is 38.9 Å². The average Bonchev–Trinajstić information content (AvgIpc) is 3.37. The number of aryl methyl sites for hydroxylation is 1. The van der Waals surface area contributed by atoms with E-state index in [2.05, 4.69) is 66.0 Å². The molecule has 2 aromatic rings. The number of anilines is 2. The van der Waals surface area contributed by atoms with Crippen molar-refractivity contribution >= 4 is 17.3 Å². The van der Waals surface area contributed by atoms with Gasteiger partial charge in [-0.1, -0.05) is 24.3 Å². The van der Waals surface area contributed by atoms with Gasteiger partial charge in [-0.3, -0.25) is 4.79 Å². The number of fused-ring (bicyclic) bond motifs is 2. The van der Waals surface area contributed by atoms with E-state index in [1.807, 2.05) is 14.1 Å². The van der Waals surface area contributed by atoms with Gasteiger partial charge < -0.3 is 20.4 Å². The molecule has 166 valence electrons. The van der Waals surface area contributed by atoms with E-state index in [9.17, 15) is 4.79 Å². The molecule has 2 unspecified atom stereocenters. The zero-order chi connectivity index (χ0) is 22.0. The summed E-state index contributed by atoms with van der Waals surface area (Å²) in [7, 11) is 7.95. The molecule has 0 saturated heterocycles. The Hall–Kier alpha value is -2.53. The van der Waals surface area contributed by atoms with Gasteiger partial charge in [0.1, 0.15) is 0 Å². The molecule has 4 rings (SSSR count). The molecule has 0 bridgehead atoms. The van der Waals surface area contributed by atoms with Crippen LogP contribution in [0.15, 0.2) is 36.4 Å². The SMILES string of the molecule is CN(C)CCCc1ccc2c(c1)NCC2C(CC(=O)N(C)C)c1ccc2c(c1)NCC2. The van der Waals surface area contributed by atoms with Gasteiger partial charge in [-0.15, -0.1) is 0 Å². The maximum absolute atomic E-state index is 12.7.